The number of piperazine rings is 1. The average molecular weight is 300 g/mol. The molecule has 1 atom stereocenters. The van der Waals surface area contributed by atoms with Gasteiger partial charge >= 0.3 is 0 Å². The Balaban J connectivity index is 1.46. The van der Waals surface area contributed by atoms with Crippen molar-refractivity contribution < 1.29 is 4.52 Å². The molecule has 3 rings (SSSR count). The van der Waals surface area contributed by atoms with Gasteiger partial charge in [0.05, 0.1) is 6.04 Å². The van der Waals surface area contributed by atoms with E-state index in [1.165, 1.54) is 5.56 Å². The van der Waals surface area contributed by atoms with E-state index in [4.69, 9.17) is 4.52 Å². The quantitative estimate of drug-likeness (QED) is 0.848. The summed E-state index contributed by atoms with van der Waals surface area (Å²) in [7, 11) is 0. The van der Waals surface area contributed by atoms with Crippen molar-refractivity contribution in [3.63, 3.8) is 0 Å². The molecule has 0 aliphatic carbocycles. The van der Waals surface area contributed by atoms with E-state index in [-0.39, 0.29) is 6.04 Å². The lowest BCUT2D eigenvalue weighted by Gasteiger charge is -2.36. The van der Waals surface area contributed by atoms with E-state index >= 15 is 0 Å². The second-order valence-corrected chi connectivity index (χ2v) is 5.97. The largest absolute Gasteiger partial charge is 0.338 e. The zero-order chi connectivity index (χ0) is 15.4. The number of nitrogens with zero attached hydrogens (tertiary/aromatic N) is 4. The fraction of sp³-hybridized carbons (Fsp3) is 0.529. The van der Waals surface area contributed by atoms with Crippen LogP contribution in [0.2, 0.25) is 0 Å². The maximum atomic E-state index is 5.30. The summed E-state index contributed by atoms with van der Waals surface area (Å²) >= 11 is 0. The topological polar surface area (TPSA) is 45.4 Å². The first-order valence-corrected chi connectivity index (χ1v) is 8.03. The average Bonchev–Trinajstić information content (AvgIpc) is 3.00. The highest BCUT2D eigenvalue weighted by molar-refractivity contribution is 5.14. The third-order valence-electron chi connectivity index (χ3n) is 4.41. The van der Waals surface area contributed by atoms with E-state index in [2.05, 4.69) is 57.2 Å². The molecule has 0 amide bonds. The Morgan fingerprint density at radius 2 is 1.86 bits per heavy atom. The third-order valence-corrected chi connectivity index (χ3v) is 4.41. The Labute approximate surface area is 131 Å². The molecule has 2 aromatic rings. The molecule has 1 aromatic heterocycles. The van der Waals surface area contributed by atoms with Gasteiger partial charge in [-0.15, -0.1) is 0 Å². The van der Waals surface area contributed by atoms with Crippen LogP contribution in [0.1, 0.15) is 30.2 Å². The van der Waals surface area contributed by atoms with Crippen LogP contribution in [0.5, 0.6) is 0 Å². The summed E-state index contributed by atoms with van der Waals surface area (Å²) in [5.41, 5.74) is 1.42. The first kappa shape index (κ1) is 15.2. The number of benzene rings is 1. The summed E-state index contributed by atoms with van der Waals surface area (Å²) in [6, 6.07) is 10.9. The molecule has 22 heavy (non-hydrogen) atoms. The van der Waals surface area contributed by atoms with Crippen LogP contribution in [0.4, 0.5) is 0 Å². The highest BCUT2D eigenvalue weighted by Crippen LogP contribution is 2.20. The first-order chi connectivity index (χ1) is 10.7. The third kappa shape index (κ3) is 3.72. The normalized spacial score (nSPS) is 18.5. The van der Waals surface area contributed by atoms with Crippen molar-refractivity contribution in [2.75, 3.05) is 32.7 Å². The Kier molecular flexibility index (Phi) is 4.85. The Morgan fingerprint density at radius 1 is 1.14 bits per heavy atom. The molecule has 0 saturated carbocycles. The number of aryl methyl sites for hydroxylation is 1. The maximum Gasteiger partial charge on any atom is 0.243 e. The van der Waals surface area contributed by atoms with Gasteiger partial charge in [-0.25, -0.2) is 0 Å². The molecular formula is C17H24N4O. The molecule has 118 valence electrons. The predicted molar refractivity (Wildman–Crippen MR) is 85.6 cm³/mol. The van der Waals surface area contributed by atoms with Gasteiger partial charge in [0.1, 0.15) is 0 Å². The molecule has 1 fully saturated rings. The molecule has 0 bridgehead atoms. The van der Waals surface area contributed by atoms with Gasteiger partial charge in [0, 0.05) is 32.7 Å². The Morgan fingerprint density at radius 3 is 2.50 bits per heavy atom. The standard InChI is InChI=1S/C17H24N4O/c1-14(17-18-15(2)19-22-17)21-12-10-20(11-13-21)9-8-16-6-4-3-5-7-16/h3-7,14H,8-13H2,1-2H3. The van der Waals surface area contributed by atoms with E-state index < -0.39 is 0 Å². The molecule has 1 saturated heterocycles. The molecule has 5 heteroatoms. The number of hydrogen-bond donors (Lipinski definition) is 0. The number of hydrogen-bond acceptors (Lipinski definition) is 5. The van der Waals surface area contributed by atoms with Gasteiger partial charge in [-0.2, -0.15) is 4.98 Å². The van der Waals surface area contributed by atoms with E-state index in [1.54, 1.807) is 0 Å². The summed E-state index contributed by atoms with van der Waals surface area (Å²) in [4.78, 5) is 9.31. The van der Waals surface area contributed by atoms with Crippen LogP contribution in [0.15, 0.2) is 34.9 Å². The lowest BCUT2D eigenvalue weighted by Crippen LogP contribution is -2.47. The van der Waals surface area contributed by atoms with Gasteiger partial charge in [0.2, 0.25) is 5.89 Å². The predicted octanol–water partition coefficient (Wildman–Crippen LogP) is 2.30. The summed E-state index contributed by atoms with van der Waals surface area (Å²) in [5.74, 6) is 1.44. The fourth-order valence-electron chi connectivity index (χ4n) is 2.95. The van der Waals surface area contributed by atoms with E-state index in [0.717, 1.165) is 45.0 Å². The van der Waals surface area contributed by atoms with E-state index in [0.29, 0.717) is 5.82 Å². The number of aromatic nitrogens is 2. The van der Waals surface area contributed by atoms with Crippen molar-refractivity contribution in [3.8, 4) is 0 Å². The van der Waals surface area contributed by atoms with Crippen molar-refractivity contribution in [2.45, 2.75) is 26.3 Å². The summed E-state index contributed by atoms with van der Waals surface area (Å²) in [6.45, 7) is 9.45. The zero-order valence-corrected chi connectivity index (χ0v) is 13.4. The lowest BCUT2D eigenvalue weighted by molar-refractivity contribution is 0.0890. The Hall–Kier alpha value is -1.72. The monoisotopic (exact) mass is 300 g/mol. The van der Waals surface area contributed by atoms with Crippen molar-refractivity contribution in [1.82, 2.24) is 19.9 Å². The van der Waals surface area contributed by atoms with Crippen molar-refractivity contribution >= 4 is 0 Å². The molecule has 1 aliphatic rings. The summed E-state index contributed by atoms with van der Waals surface area (Å²) < 4.78 is 5.30. The fourth-order valence-corrected chi connectivity index (χ4v) is 2.95. The van der Waals surface area contributed by atoms with Crippen LogP contribution in [0, 0.1) is 6.92 Å². The SMILES string of the molecule is Cc1noc(C(C)N2CCN(CCc3ccccc3)CC2)n1. The van der Waals surface area contributed by atoms with Crippen molar-refractivity contribution in [2.24, 2.45) is 0 Å². The van der Waals surface area contributed by atoms with E-state index in [1.807, 2.05) is 6.92 Å². The van der Waals surface area contributed by atoms with Gasteiger partial charge in [0.15, 0.2) is 5.82 Å². The van der Waals surface area contributed by atoms with Crippen LogP contribution >= 0.6 is 0 Å². The van der Waals surface area contributed by atoms with E-state index in [9.17, 15) is 0 Å². The first-order valence-electron chi connectivity index (χ1n) is 8.03. The van der Waals surface area contributed by atoms with Gasteiger partial charge in [-0.1, -0.05) is 35.5 Å². The second kappa shape index (κ2) is 7.03. The minimum atomic E-state index is 0.206. The van der Waals surface area contributed by atoms with Crippen LogP contribution in [-0.2, 0) is 6.42 Å². The highest BCUT2D eigenvalue weighted by atomic mass is 16.5. The molecule has 1 aliphatic heterocycles. The molecule has 1 unspecified atom stereocenters. The van der Waals surface area contributed by atoms with Crippen LogP contribution in [0.25, 0.3) is 0 Å². The van der Waals surface area contributed by atoms with Crippen molar-refractivity contribution in [3.05, 3.63) is 47.6 Å². The maximum absolute atomic E-state index is 5.30. The molecular weight excluding hydrogens is 276 g/mol. The minimum absolute atomic E-state index is 0.206. The van der Waals surface area contributed by atoms with Crippen LogP contribution in [0.3, 0.4) is 0 Å². The minimum Gasteiger partial charge on any atom is -0.338 e. The molecule has 1 aromatic carbocycles. The molecule has 2 heterocycles. The summed E-state index contributed by atoms with van der Waals surface area (Å²) in [6.07, 6.45) is 1.12. The molecule has 0 spiro atoms. The van der Waals surface area contributed by atoms with Gasteiger partial charge in [-0.05, 0) is 25.8 Å². The Bertz CT molecular complexity index is 575. The smallest absolute Gasteiger partial charge is 0.243 e. The molecule has 0 radical (unpaired) electrons. The highest BCUT2D eigenvalue weighted by Gasteiger charge is 2.25. The van der Waals surface area contributed by atoms with Gasteiger partial charge < -0.3 is 9.42 Å². The lowest BCUT2D eigenvalue weighted by atomic mass is 10.1. The van der Waals surface area contributed by atoms with Gasteiger partial charge in [0.25, 0.3) is 0 Å². The van der Waals surface area contributed by atoms with Crippen LogP contribution in [-0.4, -0.2) is 52.7 Å². The summed E-state index contributed by atoms with van der Waals surface area (Å²) in [5, 5.41) is 3.89. The zero-order valence-electron chi connectivity index (χ0n) is 13.4. The van der Waals surface area contributed by atoms with Gasteiger partial charge in [-0.3, -0.25) is 4.90 Å². The van der Waals surface area contributed by atoms with Crippen molar-refractivity contribution in [1.29, 1.82) is 0 Å². The molecule has 5 nitrogen and oxygen atoms in total. The second-order valence-electron chi connectivity index (χ2n) is 5.97. The molecule has 0 N–H and O–H groups in total. The number of rotatable bonds is 5. The van der Waals surface area contributed by atoms with Crippen LogP contribution < -0.4 is 0 Å².